The number of rotatable bonds is 3. The summed E-state index contributed by atoms with van der Waals surface area (Å²) in [4.78, 5) is 27.9. The molecule has 0 radical (unpaired) electrons. The van der Waals surface area contributed by atoms with Crippen molar-refractivity contribution in [1.29, 1.82) is 0 Å². The topological polar surface area (TPSA) is 103 Å². The molecule has 0 unspecified atom stereocenters. The number of aliphatic carboxylic acids is 1. The number of hydrogen-bond acceptors (Lipinski definition) is 4. The van der Waals surface area contributed by atoms with Gasteiger partial charge < -0.3 is 15.2 Å². The van der Waals surface area contributed by atoms with Gasteiger partial charge in [0.05, 0.1) is 12.0 Å². The Hall–Kier alpha value is -1.85. The van der Waals surface area contributed by atoms with E-state index in [1.807, 2.05) is 0 Å². The van der Waals surface area contributed by atoms with Crippen LogP contribution in [0.3, 0.4) is 0 Å². The molecule has 6 nitrogen and oxygen atoms in total. The first-order chi connectivity index (χ1) is 6.91. The monoisotopic (exact) mass is 212 g/mol. The van der Waals surface area contributed by atoms with Crippen molar-refractivity contribution < 1.29 is 15.0 Å². The Balaban J connectivity index is 3.21. The van der Waals surface area contributed by atoms with Gasteiger partial charge in [-0.25, -0.2) is 0 Å². The van der Waals surface area contributed by atoms with Gasteiger partial charge in [0.1, 0.15) is 5.82 Å². The minimum Gasteiger partial charge on any atom is -0.493 e. The predicted molar refractivity (Wildman–Crippen MR) is 52.0 cm³/mol. The number of nitrogens with zero attached hydrogens (tertiary/aromatic N) is 1. The van der Waals surface area contributed by atoms with Crippen molar-refractivity contribution in [2.75, 3.05) is 0 Å². The van der Waals surface area contributed by atoms with Crippen molar-refractivity contribution in [2.45, 2.75) is 26.2 Å². The standard InChI is InChI=1S/C9H12N2O4/c1-4(2)7-10-8(14)5(3-6(12)13)9(15)11-7/h4H,3H2,1-2H3,(H,12,13)(H2,10,11,14,15). The van der Waals surface area contributed by atoms with E-state index in [0.29, 0.717) is 5.82 Å². The van der Waals surface area contributed by atoms with Gasteiger partial charge in [-0.1, -0.05) is 13.8 Å². The zero-order valence-electron chi connectivity index (χ0n) is 8.44. The fourth-order valence-corrected chi connectivity index (χ4v) is 1.09. The number of carbonyl (C=O) groups is 1. The maximum Gasteiger partial charge on any atom is 0.308 e. The van der Waals surface area contributed by atoms with Gasteiger partial charge in [-0.15, -0.1) is 0 Å². The lowest BCUT2D eigenvalue weighted by molar-refractivity contribution is -0.136. The maximum absolute atomic E-state index is 11.4. The molecule has 0 amide bonds. The maximum atomic E-state index is 11.4. The molecule has 1 rings (SSSR count). The summed E-state index contributed by atoms with van der Waals surface area (Å²) in [5.41, 5.74) is -0.819. The highest BCUT2D eigenvalue weighted by Crippen LogP contribution is 2.13. The van der Waals surface area contributed by atoms with E-state index >= 15 is 0 Å². The molecule has 0 atom stereocenters. The molecule has 0 fully saturated rings. The Labute approximate surface area is 85.6 Å². The zero-order valence-corrected chi connectivity index (χ0v) is 8.44. The second-order valence-electron chi connectivity index (χ2n) is 3.48. The molecule has 0 saturated carbocycles. The molecule has 0 aromatic carbocycles. The fourth-order valence-electron chi connectivity index (χ4n) is 1.09. The van der Waals surface area contributed by atoms with Crippen molar-refractivity contribution in [2.24, 2.45) is 0 Å². The number of aromatic hydroxyl groups is 1. The van der Waals surface area contributed by atoms with Gasteiger partial charge in [-0.2, -0.15) is 4.98 Å². The van der Waals surface area contributed by atoms with Crippen LogP contribution >= 0.6 is 0 Å². The third kappa shape index (κ3) is 2.55. The first kappa shape index (κ1) is 11.2. The van der Waals surface area contributed by atoms with Gasteiger partial charge in [-0.05, 0) is 0 Å². The molecule has 0 spiro atoms. The average Bonchev–Trinajstić information content (AvgIpc) is 2.10. The Bertz CT molecular complexity index is 436. The van der Waals surface area contributed by atoms with Crippen molar-refractivity contribution in [3.63, 3.8) is 0 Å². The Morgan fingerprint density at radius 2 is 2.13 bits per heavy atom. The van der Waals surface area contributed by atoms with Crippen molar-refractivity contribution in [3.8, 4) is 5.88 Å². The van der Waals surface area contributed by atoms with E-state index in [2.05, 4.69) is 9.97 Å². The Kier molecular flexibility index (Phi) is 3.08. The molecule has 1 aromatic rings. The molecule has 0 saturated heterocycles. The van der Waals surface area contributed by atoms with E-state index in [1.165, 1.54) is 0 Å². The van der Waals surface area contributed by atoms with E-state index in [4.69, 9.17) is 5.11 Å². The van der Waals surface area contributed by atoms with Gasteiger partial charge in [-0.3, -0.25) is 9.59 Å². The van der Waals surface area contributed by atoms with Gasteiger partial charge >= 0.3 is 5.97 Å². The largest absolute Gasteiger partial charge is 0.493 e. The van der Waals surface area contributed by atoms with E-state index in [1.54, 1.807) is 13.8 Å². The third-order valence-electron chi connectivity index (χ3n) is 1.89. The van der Waals surface area contributed by atoms with Crippen LogP contribution in [-0.4, -0.2) is 26.2 Å². The van der Waals surface area contributed by atoms with Crippen molar-refractivity contribution in [1.82, 2.24) is 9.97 Å². The SMILES string of the molecule is CC(C)c1nc(O)c(CC(=O)O)c(=O)[nH]1. The first-order valence-electron chi connectivity index (χ1n) is 4.45. The number of hydrogen-bond donors (Lipinski definition) is 3. The summed E-state index contributed by atoms with van der Waals surface area (Å²) in [7, 11) is 0. The summed E-state index contributed by atoms with van der Waals surface area (Å²) in [6.45, 7) is 3.60. The molecule has 3 N–H and O–H groups in total. The zero-order chi connectivity index (χ0) is 11.6. The van der Waals surface area contributed by atoms with E-state index in [0.717, 1.165) is 0 Å². The highest BCUT2D eigenvalue weighted by molar-refractivity contribution is 5.70. The Morgan fingerprint density at radius 3 is 2.53 bits per heavy atom. The molecule has 82 valence electrons. The first-order valence-corrected chi connectivity index (χ1v) is 4.45. The van der Waals surface area contributed by atoms with Crippen LogP contribution in [0, 0.1) is 0 Å². The highest BCUT2D eigenvalue weighted by atomic mass is 16.4. The molecular weight excluding hydrogens is 200 g/mol. The van der Waals surface area contributed by atoms with Crippen LogP contribution < -0.4 is 5.56 Å². The molecule has 1 heterocycles. The smallest absolute Gasteiger partial charge is 0.308 e. The fraction of sp³-hybridized carbons (Fsp3) is 0.444. The number of carboxylic acids is 1. The van der Waals surface area contributed by atoms with Gasteiger partial charge in [0.2, 0.25) is 5.88 Å². The summed E-state index contributed by atoms with van der Waals surface area (Å²) >= 11 is 0. The molecule has 15 heavy (non-hydrogen) atoms. The van der Waals surface area contributed by atoms with E-state index < -0.39 is 23.8 Å². The molecule has 0 aliphatic heterocycles. The number of H-pyrrole nitrogens is 1. The second-order valence-corrected chi connectivity index (χ2v) is 3.48. The molecule has 0 aliphatic rings. The molecule has 1 aromatic heterocycles. The van der Waals surface area contributed by atoms with Crippen LogP contribution in [0.5, 0.6) is 5.88 Å². The van der Waals surface area contributed by atoms with E-state index in [9.17, 15) is 14.7 Å². The summed E-state index contributed by atoms with van der Waals surface area (Å²) in [5.74, 6) is -1.39. The van der Waals surface area contributed by atoms with Crippen LogP contribution in [0.4, 0.5) is 0 Å². The summed E-state index contributed by atoms with van der Waals surface area (Å²) in [5, 5.41) is 17.9. The average molecular weight is 212 g/mol. The normalized spacial score (nSPS) is 10.6. The van der Waals surface area contributed by atoms with Gasteiger partial charge in [0, 0.05) is 5.92 Å². The molecule has 0 aliphatic carbocycles. The van der Waals surface area contributed by atoms with Gasteiger partial charge in [0.25, 0.3) is 5.56 Å². The lowest BCUT2D eigenvalue weighted by atomic mass is 10.2. The Morgan fingerprint density at radius 1 is 1.53 bits per heavy atom. The molecular formula is C9H12N2O4. The summed E-state index contributed by atoms with van der Waals surface area (Å²) in [6, 6.07) is 0. The van der Waals surface area contributed by atoms with Crippen LogP contribution in [0.25, 0.3) is 0 Å². The van der Waals surface area contributed by atoms with Crippen LogP contribution in [-0.2, 0) is 11.2 Å². The van der Waals surface area contributed by atoms with Crippen LogP contribution in [0.2, 0.25) is 0 Å². The quantitative estimate of drug-likeness (QED) is 0.665. The summed E-state index contributed by atoms with van der Waals surface area (Å²) in [6.07, 6.45) is -0.535. The van der Waals surface area contributed by atoms with Gasteiger partial charge in [0.15, 0.2) is 0 Å². The van der Waals surface area contributed by atoms with E-state index in [-0.39, 0.29) is 11.5 Å². The minimum atomic E-state index is -1.19. The number of nitrogens with one attached hydrogen (secondary N) is 1. The minimum absolute atomic E-state index is 0.0394. The highest BCUT2D eigenvalue weighted by Gasteiger charge is 2.14. The summed E-state index contributed by atoms with van der Waals surface area (Å²) < 4.78 is 0. The lowest BCUT2D eigenvalue weighted by Crippen LogP contribution is -2.20. The molecule has 6 heteroatoms. The predicted octanol–water partition coefficient (Wildman–Crippen LogP) is 0.226. The third-order valence-corrected chi connectivity index (χ3v) is 1.89. The number of aromatic nitrogens is 2. The van der Waals surface area contributed by atoms with Crippen LogP contribution in [0.15, 0.2) is 4.79 Å². The second kappa shape index (κ2) is 4.12. The number of carboxylic acid groups (broad SMARTS) is 1. The van der Waals surface area contributed by atoms with Crippen LogP contribution in [0.1, 0.15) is 31.2 Å². The van der Waals surface area contributed by atoms with Crippen molar-refractivity contribution >= 4 is 5.97 Å². The number of aromatic amines is 1. The lowest BCUT2D eigenvalue weighted by Gasteiger charge is -2.06. The van der Waals surface area contributed by atoms with Crippen molar-refractivity contribution in [3.05, 3.63) is 21.7 Å². The molecule has 0 bridgehead atoms.